The fourth-order valence-corrected chi connectivity index (χ4v) is 1.84. The van der Waals surface area contributed by atoms with E-state index in [0.717, 1.165) is 0 Å². The van der Waals surface area contributed by atoms with Gasteiger partial charge in [0.05, 0.1) is 24.3 Å². The fraction of sp³-hybridized carbons (Fsp3) is 0.222. The van der Waals surface area contributed by atoms with Gasteiger partial charge in [-0.1, -0.05) is 24.3 Å². The maximum atomic E-state index is 11.6. The molecule has 0 bridgehead atoms. The summed E-state index contributed by atoms with van der Waals surface area (Å²) in [5, 5.41) is 21.9. The average molecular weight is 390 g/mol. The van der Waals surface area contributed by atoms with Crippen LogP contribution in [0.5, 0.6) is 11.5 Å². The van der Waals surface area contributed by atoms with E-state index in [1.807, 2.05) is 0 Å². The number of ether oxygens (including phenoxy) is 3. The Morgan fingerprint density at radius 3 is 1.30 bits per heavy atom. The second kappa shape index (κ2) is 14.0. The van der Waals surface area contributed by atoms with Crippen LogP contribution in [0.25, 0.3) is 0 Å². The summed E-state index contributed by atoms with van der Waals surface area (Å²) in [4.78, 5) is 23.3. The third kappa shape index (κ3) is 9.62. The summed E-state index contributed by atoms with van der Waals surface area (Å²) in [6.07, 6.45) is 0. The first-order valence-electron chi connectivity index (χ1n) is 7.52. The summed E-state index contributed by atoms with van der Waals surface area (Å²) in [5.41, 5.74) is 0.579. The molecule has 9 heteroatoms. The molecule has 0 N–H and O–H groups in total. The zero-order valence-corrected chi connectivity index (χ0v) is 19.3. The summed E-state index contributed by atoms with van der Waals surface area (Å²) in [6.45, 7) is 0.370. The van der Waals surface area contributed by atoms with Crippen molar-refractivity contribution in [1.82, 2.24) is 0 Å². The molecule has 0 heterocycles. The van der Waals surface area contributed by atoms with Gasteiger partial charge in [-0.2, -0.15) is 0 Å². The van der Waals surface area contributed by atoms with Crippen LogP contribution in [0.1, 0.15) is 20.7 Å². The Morgan fingerprint density at radius 2 is 0.963 bits per heavy atom. The second-order valence-corrected chi connectivity index (χ2v) is 4.93. The van der Waals surface area contributed by atoms with Gasteiger partial charge in [-0.25, -0.2) is 9.59 Å². The van der Waals surface area contributed by atoms with Crippen LogP contribution in [0, 0.1) is 0 Å². The quantitative estimate of drug-likeness (QED) is 0.252. The summed E-state index contributed by atoms with van der Waals surface area (Å²) in [5.74, 6) is -1.45. The Kier molecular flexibility index (Phi) is 13.5. The Morgan fingerprint density at radius 1 is 0.630 bits per heavy atom. The van der Waals surface area contributed by atoms with Gasteiger partial charge in [-0.3, -0.25) is 0 Å². The molecule has 0 aromatic heterocycles. The second-order valence-electron chi connectivity index (χ2n) is 4.93. The third-order valence-electron chi connectivity index (χ3n) is 3.10. The molecule has 0 saturated carbocycles. The molecule has 0 spiro atoms. The fourth-order valence-electron chi connectivity index (χ4n) is 1.84. The molecule has 2 rings (SSSR count). The first-order valence-corrected chi connectivity index (χ1v) is 7.52. The van der Waals surface area contributed by atoms with Crippen molar-refractivity contribution in [3.05, 3.63) is 59.7 Å². The number of carbonyl (C=O) groups is 2. The topological polar surface area (TPSA) is 108 Å². The number of hydrogen-bond acceptors (Lipinski definition) is 7. The maximum Gasteiger partial charge on any atom is 1.00 e. The van der Waals surface area contributed by atoms with Gasteiger partial charge in [0.1, 0.15) is 13.2 Å². The van der Waals surface area contributed by atoms with Crippen molar-refractivity contribution in [2.24, 2.45) is 0 Å². The van der Waals surface area contributed by atoms with Crippen molar-refractivity contribution in [1.29, 1.82) is 0 Å². The van der Waals surface area contributed by atoms with E-state index in [9.17, 15) is 19.8 Å². The molecule has 0 saturated heterocycles. The molecule has 132 valence electrons. The van der Waals surface area contributed by atoms with E-state index in [1.54, 1.807) is 0 Å². The third-order valence-corrected chi connectivity index (χ3v) is 3.10. The maximum absolute atomic E-state index is 11.6. The Balaban J connectivity index is 0.00000338. The van der Waals surface area contributed by atoms with Crippen LogP contribution in [0.4, 0.5) is 0 Å². The molecule has 2 aromatic carbocycles. The van der Waals surface area contributed by atoms with Crippen LogP contribution in [-0.2, 0) is 14.2 Å². The van der Waals surface area contributed by atoms with Crippen molar-refractivity contribution in [3.8, 4) is 11.5 Å². The van der Waals surface area contributed by atoms with Crippen LogP contribution in [0.2, 0.25) is 0 Å². The van der Waals surface area contributed by atoms with Crippen LogP contribution >= 0.6 is 0 Å². The normalized spacial score (nSPS) is 9.48. The number of carbonyl (C=O) groups excluding carboxylic acids is 2. The molecule has 0 unspecified atom stereocenters. The number of esters is 2. The Bertz CT molecular complexity index is 641. The van der Waals surface area contributed by atoms with E-state index in [2.05, 4.69) is 0 Å². The van der Waals surface area contributed by atoms with Crippen molar-refractivity contribution in [2.75, 3.05) is 26.4 Å². The first-order chi connectivity index (χ1) is 12.1. The van der Waals surface area contributed by atoms with Crippen molar-refractivity contribution in [2.45, 2.75) is 0 Å². The van der Waals surface area contributed by atoms with Crippen LogP contribution in [-0.4, -0.2) is 38.4 Å². The molecule has 27 heavy (non-hydrogen) atoms. The molecule has 0 amide bonds. The number of hydrogen-bond donors (Lipinski definition) is 0. The van der Waals surface area contributed by atoms with Crippen molar-refractivity contribution >= 4 is 11.9 Å². The molecule has 0 atom stereocenters. The first kappa shape index (κ1) is 25.9. The minimum absolute atomic E-state index is 0. The van der Waals surface area contributed by atoms with Crippen molar-refractivity contribution in [3.63, 3.8) is 0 Å². The van der Waals surface area contributed by atoms with E-state index < -0.39 is 11.9 Å². The van der Waals surface area contributed by atoms with E-state index in [0.29, 0.717) is 0 Å². The van der Waals surface area contributed by atoms with Crippen LogP contribution in [0.15, 0.2) is 48.5 Å². The van der Waals surface area contributed by atoms with Crippen molar-refractivity contribution < 1.29 is 93.1 Å². The molecule has 0 aliphatic carbocycles. The van der Waals surface area contributed by atoms with E-state index >= 15 is 0 Å². The largest absolute Gasteiger partial charge is 1.00 e. The predicted octanol–water partition coefficient (Wildman–Crippen LogP) is -5.13. The molecular weight excluding hydrogens is 374 g/mol. The summed E-state index contributed by atoms with van der Waals surface area (Å²) in [6, 6.07) is 10.7. The average Bonchev–Trinajstić information content (AvgIpc) is 2.61. The van der Waals surface area contributed by atoms with E-state index in [-0.39, 0.29) is 108 Å². The minimum atomic E-state index is -0.545. The smallest absolute Gasteiger partial charge is 0.872 e. The molecular formula is C18H16Na2O7. The zero-order valence-electron chi connectivity index (χ0n) is 15.3. The SMILES string of the molecule is O=C(OCCOCCOC(=O)c1ccc([O-])cc1)c1ccc([O-])cc1.[Na+].[Na+]. The van der Waals surface area contributed by atoms with Gasteiger partial charge in [0.2, 0.25) is 0 Å². The summed E-state index contributed by atoms with van der Waals surface area (Å²) < 4.78 is 15.1. The monoisotopic (exact) mass is 390 g/mol. The van der Waals surface area contributed by atoms with Gasteiger partial charge in [0.25, 0.3) is 0 Å². The molecule has 0 aliphatic rings. The van der Waals surface area contributed by atoms with Crippen LogP contribution in [0.3, 0.4) is 0 Å². The molecule has 0 aliphatic heterocycles. The van der Waals surface area contributed by atoms with Gasteiger partial charge >= 0.3 is 71.1 Å². The Labute approximate surface area is 201 Å². The van der Waals surface area contributed by atoms with Gasteiger partial charge in [0.15, 0.2) is 0 Å². The van der Waals surface area contributed by atoms with E-state index in [1.165, 1.54) is 48.5 Å². The van der Waals surface area contributed by atoms with Gasteiger partial charge in [-0.15, -0.1) is 11.5 Å². The van der Waals surface area contributed by atoms with E-state index in [4.69, 9.17) is 14.2 Å². The molecule has 2 aromatic rings. The van der Waals surface area contributed by atoms with Gasteiger partial charge in [0, 0.05) is 0 Å². The number of benzene rings is 2. The zero-order chi connectivity index (χ0) is 18.1. The standard InChI is InChI=1S/C18H18O7.2Na/c19-15-5-1-13(2-6-15)17(21)24-11-9-23-10-12-25-18(22)14-3-7-16(20)8-4-14;;/h1-8,19-20H,9-12H2;;/q;2*+1/p-2. The Hall–Kier alpha value is -1.06. The summed E-state index contributed by atoms with van der Waals surface area (Å²) in [7, 11) is 0. The van der Waals surface area contributed by atoms with Gasteiger partial charge in [-0.05, 0) is 24.3 Å². The molecule has 0 fully saturated rings. The van der Waals surface area contributed by atoms with Crippen LogP contribution < -0.4 is 69.3 Å². The summed E-state index contributed by atoms with van der Waals surface area (Å²) >= 11 is 0. The number of rotatable bonds is 8. The predicted molar refractivity (Wildman–Crippen MR) is 83.2 cm³/mol. The minimum Gasteiger partial charge on any atom is -0.872 e. The molecule has 7 nitrogen and oxygen atoms in total. The molecule has 0 radical (unpaired) electrons. The van der Waals surface area contributed by atoms with Gasteiger partial charge < -0.3 is 24.4 Å².